The first-order valence-corrected chi connectivity index (χ1v) is 10.1. The molecule has 27 heavy (non-hydrogen) atoms. The Bertz CT molecular complexity index is 656. The molecule has 2 fully saturated rings. The highest BCUT2D eigenvalue weighted by atomic mass is 16.3. The van der Waals surface area contributed by atoms with Crippen LogP contribution < -0.4 is 5.32 Å². The lowest BCUT2D eigenvalue weighted by atomic mass is 10.0. The number of piperidine rings is 2. The molecular weight excluding hydrogens is 342 g/mol. The Hall–Kier alpha value is -1.92. The molecule has 1 atom stereocenters. The minimum absolute atomic E-state index is 0.181. The Labute approximate surface area is 161 Å². The molecule has 2 amide bonds. The van der Waals surface area contributed by atoms with Crippen molar-refractivity contribution in [3.05, 3.63) is 35.4 Å². The van der Waals surface area contributed by atoms with E-state index in [1.54, 1.807) is 4.90 Å². The predicted molar refractivity (Wildman–Crippen MR) is 104 cm³/mol. The molecule has 1 aromatic carbocycles. The molecule has 0 aromatic heterocycles. The van der Waals surface area contributed by atoms with E-state index in [-0.39, 0.29) is 6.10 Å². The zero-order valence-electron chi connectivity index (χ0n) is 16.2. The lowest BCUT2D eigenvalue weighted by Gasteiger charge is -2.30. The summed E-state index contributed by atoms with van der Waals surface area (Å²) in [5.41, 5.74) is 2.20. The molecule has 0 saturated carbocycles. The summed E-state index contributed by atoms with van der Waals surface area (Å²) in [6.45, 7) is 6.39. The third-order valence-corrected chi connectivity index (χ3v) is 5.65. The molecule has 1 unspecified atom stereocenters. The molecule has 148 valence electrons. The van der Waals surface area contributed by atoms with Crippen LogP contribution >= 0.6 is 0 Å². The summed E-state index contributed by atoms with van der Waals surface area (Å²) in [6, 6.07) is 8.03. The number of aliphatic hydroxyl groups excluding tert-OH is 1. The number of aliphatic hydroxyl groups is 1. The van der Waals surface area contributed by atoms with Gasteiger partial charge in [0.25, 0.3) is 0 Å². The maximum Gasteiger partial charge on any atom is 0.311 e. The summed E-state index contributed by atoms with van der Waals surface area (Å²) in [5, 5.41) is 12.5. The number of hydrogen-bond donors (Lipinski definition) is 2. The van der Waals surface area contributed by atoms with Crippen LogP contribution in [-0.2, 0) is 22.7 Å². The SMILES string of the molecule is CC1CCCN(C(=O)C(=O)NCc2ccccc2CN2CCC(O)CC2)C1. The topological polar surface area (TPSA) is 72.9 Å². The van der Waals surface area contributed by atoms with Gasteiger partial charge in [-0.1, -0.05) is 31.2 Å². The van der Waals surface area contributed by atoms with E-state index in [0.717, 1.165) is 56.4 Å². The van der Waals surface area contributed by atoms with E-state index in [2.05, 4.69) is 23.2 Å². The van der Waals surface area contributed by atoms with Gasteiger partial charge in [-0.15, -0.1) is 0 Å². The number of carbonyl (C=O) groups excluding carboxylic acids is 2. The summed E-state index contributed by atoms with van der Waals surface area (Å²) in [4.78, 5) is 28.7. The number of hydrogen-bond acceptors (Lipinski definition) is 4. The molecule has 1 aromatic rings. The average Bonchev–Trinajstić information content (AvgIpc) is 2.68. The summed E-state index contributed by atoms with van der Waals surface area (Å²) >= 11 is 0. The van der Waals surface area contributed by atoms with E-state index in [4.69, 9.17) is 0 Å². The van der Waals surface area contributed by atoms with Crippen LogP contribution in [0.25, 0.3) is 0 Å². The van der Waals surface area contributed by atoms with Crippen molar-refractivity contribution in [1.82, 2.24) is 15.1 Å². The minimum atomic E-state index is -0.514. The Balaban J connectivity index is 1.54. The second kappa shape index (κ2) is 9.33. The van der Waals surface area contributed by atoms with Gasteiger partial charge in [0.1, 0.15) is 0 Å². The van der Waals surface area contributed by atoms with Crippen LogP contribution in [-0.4, -0.2) is 59.0 Å². The van der Waals surface area contributed by atoms with Crippen molar-refractivity contribution in [3.8, 4) is 0 Å². The highest BCUT2D eigenvalue weighted by Gasteiger charge is 2.26. The van der Waals surface area contributed by atoms with Crippen LogP contribution in [0.4, 0.5) is 0 Å². The molecule has 0 radical (unpaired) electrons. The van der Waals surface area contributed by atoms with Gasteiger partial charge < -0.3 is 15.3 Å². The van der Waals surface area contributed by atoms with Crippen molar-refractivity contribution in [1.29, 1.82) is 0 Å². The Morgan fingerprint density at radius 3 is 2.52 bits per heavy atom. The van der Waals surface area contributed by atoms with Crippen LogP contribution in [0.15, 0.2) is 24.3 Å². The van der Waals surface area contributed by atoms with Crippen LogP contribution in [0.2, 0.25) is 0 Å². The lowest BCUT2D eigenvalue weighted by Crippen LogP contribution is -2.46. The van der Waals surface area contributed by atoms with E-state index in [1.165, 1.54) is 0 Å². The van der Waals surface area contributed by atoms with Gasteiger partial charge in [0.2, 0.25) is 0 Å². The summed E-state index contributed by atoms with van der Waals surface area (Å²) < 4.78 is 0. The normalized spacial score (nSPS) is 21.9. The molecule has 2 heterocycles. The number of carbonyl (C=O) groups is 2. The first kappa shape index (κ1) is 19.8. The van der Waals surface area contributed by atoms with E-state index in [9.17, 15) is 14.7 Å². The highest BCUT2D eigenvalue weighted by Crippen LogP contribution is 2.17. The molecule has 6 heteroatoms. The van der Waals surface area contributed by atoms with Gasteiger partial charge in [0.05, 0.1) is 6.10 Å². The second-order valence-electron chi connectivity index (χ2n) is 7.96. The van der Waals surface area contributed by atoms with Crippen LogP contribution in [0.3, 0.4) is 0 Å². The molecule has 3 rings (SSSR count). The van der Waals surface area contributed by atoms with Crippen molar-refractivity contribution in [2.45, 2.75) is 51.8 Å². The zero-order valence-corrected chi connectivity index (χ0v) is 16.2. The zero-order chi connectivity index (χ0) is 19.2. The van der Waals surface area contributed by atoms with Crippen molar-refractivity contribution in [2.24, 2.45) is 5.92 Å². The van der Waals surface area contributed by atoms with Crippen LogP contribution in [0.5, 0.6) is 0 Å². The first-order valence-electron chi connectivity index (χ1n) is 10.1. The predicted octanol–water partition coefficient (Wildman–Crippen LogP) is 1.52. The van der Waals surface area contributed by atoms with Crippen LogP contribution in [0, 0.1) is 5.92 Å². The summed E-state index contributed by atoms with van der Waals surface area (Å²) in [5.74, 6) is -0.469. The maximum absolute atomic E-state index is 12.4. The third-order valence-electron chi connectivity index (χ3n) is 5.65. The maximum atomic E-state index is 12.4. The molecule has 2 saturated heterocycles. The molecule has 0 bridgehead atoms. The number of benzene rings is 1. The Kier molecular flexibility index (Phi) is 6.85. The van der Waals surface area contributed by atoms with Gasteiger partial charge in [0, 0.05) is 39.3 Å². The van der Waals surface area contributed by atoms with Crippen molar-refractivity contribution in [2.75, 3.05) is 26.2 Å². The summed E-state index contributed by atoms with van der Waals surface area (Å²) in [7, 11) is 0. The van der Waals surface area contributed by atoms with Gasteiger partial charge in [-0.2, -0.15) is 0 Å². The third kappa shape index (κ3) is 5.53. The smallest absolute Gasteiger partial charge is 0.311 e. The minimum Gasteiger partial charge on any atom is -0.393 e. The standard InChI is InChI=1S/C21H31N3O3/c1-16-5-4-10-24(14-16)21(27)20(26)22-13-17-6-2-3-7-18(17)15-23-11-8-19(25)9-12-23/h2-3,6-7,16,19,25H,4-5,8-15H2,1H3,(H,22,26). The number of amides is 2. The molecule has 2 N–H and O–H groups in total. The molecule has 2 aliphatic heterocycles. The van der Waals surface area contributed by atoms with E-state index in [0.29, 0.717) is 25.6 Å². The van der Waals surface area contributed by atoms with Crippen molar-refractivity contribution >= 4 is 11.8 Å². The fourth-order valence-corrected chi connectivity index (χ4v) is 3.97. The van der Waals surface area contributed by atoms with E-state index < -0.39 is 11.8 Å². The van der Waals surface area contributed by atoms with Gasteiger partial charge in [0.15, 0.2) is 0 Å². The Morgan fingerprint density at radius 2 is 1.81 bits per heavy atom. The summed E-state index contributed by atoms with van der Waals surface area (Å²) in [6.07, 6.45) is 3.52. The van der Waals surface area contributed by atoms with Crippen molar-refractivity contribution < 1.29 is 14.7 Å². The first-order chi connectivity index (χ1) is 13.0. The van der Waals surface area contributed by atoms with E-state index in [1.807, 2.05) is 18.2 Å². The van der Waals surface area contributed by atoms with Crippen molar-refractivity contribution in [3.63, 3.8) is 0 Å². The second-order valence-corrected chi connectivity index (χ2v) is 7.96. The molecule has 0 aliphatic carbocycles. The Morgan fingerprint density at radius 1 is 1.11 bits per heavy atom. The fourth-order valence-electron chi connectivity index (χ4n) is 3.97. The van der Waals surface area contributed by atoms with Gasteiger partial charge in [-0.05, 0) is 42.7 Å². The molecule has 6 nitrogen and oxygen atoms in total. The lowest BCUT2D eigenvalue weighted by molar-refractivity contribution is -0.147. The number of nitrogens with zero attached hydrogens (tertiary/aromatic N) is 2. The molecule has 2 aliphatic rings. The fraction of sp³-hybridized carbons (Fsp3) is 0.619. The largest absolute Gasteiger partial charge is 0.393 e. The monoisotopic (exact) mass is 373 g/mol. The van der Waals surface area contributed by atoms with Crippen LogP contribution in [0.1, 0.15) is 43.7 Å². The number of rotatable bonds is 4. The number of likely N-dealkylation sites (tertiary alicyclic amines) is 2. The van der Waals surface area contributed by atoms with Gasteiger partial charge in [-0.3, -0.25) is 14.5 Å². The van der Waals surface area contributed by atoms with Gasteiger partial charge in [-0.25, -0.2) is 0 Å². The van der Waals surface area contributed by atoms with Gasteiger partial charge >= 0.3 is 11.8 Å². The highest BCUT2D eigenvalue weighted by molar-refractivity contribution is 6.34. The quantitative estimate of drug-likeness (QED) is 0.785. The number of nitrogens with one attached hydrogen (secondary N) is 1. The molecule has 0 spiro atoms. The van der Waals surface area contributed by atoms with E-state index >= 15 is 0 Å². The average molecular weight is 373 g/mol. The molecular formula is C21H31N3O3.